The molecule has 4 fully saturated rings. The van der Waals surface area contributed by atoms with Gasteiger partial charge >= 0.3 is 11.9 Å². The van der Waals surface area contributed by atoms with Crippen LogP contribution in [-0.2, 0) is 23.8 Å². The SMILES string of the molecule is C=CC(=O)OCC(=O)OC12CC3(C)CC(C)(CC(OCC)(C3)C1)C2. The lowest BCUT2D eigenvalue weighted by molar-refractivity contribution is -0.273. The molecule has 4 rings (SSSR count). The second kappa shape index (κ2) is 5.58. The number of hydrogen-bond acceptors (Lipinski definition) is 5. The summed E-state index contributed by atoms with van der Waals surface area (Å²) in [4.78, 5) is 23.4. The van der Waals surface area contributed by atoms with Crippen molar-refractivity contribution < 1.29 is 23.8 Å². The Morgan fingerprint density at radius 1 is 1.00 bits per heavy atom. The fourth-order valence-corrected chi connectivity index (χ4v) is 6.51. The Kier molecular flexibility index (Phi) is 4.06. The lowest BCUT2D eigenvalue weighted by atomic mass is 9.42. The highest BCUT2D eigenvalue weighted by Crippen LogP contribution is 2.69. The van der Waals surface area contributed by atoms with Gasteiger partial charge in [-0.25, -0.2) is 9.59 Å². The lowest BCUT2D eigenvalue weighted by Gasteiger charge is -2.68. The van der Waals surface area contributed by atoms with E-state index in [-0.39, 0.29) is 23.0 Å². The fraction of sp³-hybridized carbons (Fsp3) is 0.789. The summed E-state index contributed by atoms with van der Waals surface area (Å²) in [5.41, 5.74) is -0.413. The van der Waals surface area contributed by atoms with Gasteiger partial charge < -0.3 is 14.2 Å². The van der Waals surface area contributed by atoms with Crippen LogP contribution >= 0.6 is 0 Å². The predicted octanol–water partition coefficient (Wildman–Crippen LogP) is 3.17. The molecule has 0 aromatic rings. The van der Waals surface area contributed by atoms with E-state index in [9.17, 15) is 9.59 Å². The minimum Gasteiger partial charge on any atom is -0.456 e. The highest BCUT2D eigenvalue weighted by atomic mass is 16.6. The molecular formula is C19H28O5. The van der Waals surface area contributed by atoms with Crippen molar-refractivity contribution >= 4 is 11.9 Å². The van der Waals surface area contributed by atoms with Gasteiger partial charge in [-0.1, -0.05) is 20.4 Å². The maximum atomic E-state index is 12.2. The molecule has 4 saturated carbocycles. The van der Waals surface area contributed by atoms with E-state index in [0.29, 0.717) is 6.61 Å². The standard InChI is InChI=1S/C19H28O5/c1-5-14(20)22-7-15(21)24-19-11-16(3)8-17(4,12-19)10-18(9-16,13-19)23-6-2/h5H,1,6-13H2,2-4H3. The van der Waals surface area contributed by atoms with Crippen molar-refractivity contribution in [2.45, 2.75) is 70.5 Å². The highest BCUT2D eigenvalue weighted by molar-refractivity contribution is 5.83. The van der Waals surface area contributed by atoms with Crippen LogP contribution in [0.1, 0.15) is 59.3 Å². The number of ether oxygens (including phenoxy) is 3. The predicted molar refractivity (Wildman–Crippen MR) is 88.3 cm³/mol. The first-order valence-corrected chi connectivity index (χ1v) is 8.80. The number of rotatable bonds is 6. The van der Waals surface area contributed by atoms with Crippen LogP contribution in [0.5, 0.6) is 0 Å². The second-order valence-electron chi connectivity index (χ2n) is 8.77. The molecule has 24 heavy (non-hydrogen) atoms. The molecule has 4 aliphatic carbocycles. The van der Waals surface area contributed by atoms with Crippen molar-refractivity contribution in [2.24, 2.45) is 10.8 Å². The summed E-state index contributed by atoms with van der Waals surface area (Å²) in [7, 11) is 0. The van der Waals surface area contributed by atoms with Crippen molar-refractivity contribution in [3.8, 4) is 0 Å². The van der Waals surface area contributed by atoms with Gasteiger partial charge in [0.15, 0.2) is 6.61 Å². The molecule has 5 heteroatoms. The summed E-state index contributed by atoms with van der Waals surface area (Å²) >= 11 is 0. The zero-order valence-electron chi connectivity index (χ0n) is 15.0. The van der Waals surface area contributed by atoms with E-state index in [1.165, 1.54) is 0 Å². The van der Waals surface area contributed by atoms with Gasteiger partial charge in [0.05, 0.1) is 5.60 Å². The smallest absolute Gasteiger partial charge is 0.344 e. The van der Waals surface area contributed by atoms with Gasteiger partial charge in [0.2, 0.25) is 0 Å². The van der Waals surface area contributed by atoms with Gasteiger partial charge in [-0.15, -0.1) is 0 Å². The summed E-state index contributed by atoms with van der Waals surface area (Å²) in [5, 5.41) is 0. The Morgan fingerprint density at radius 2 is 1.58 bits per heavy atom. The van der Waals surface area contributed by atoms with E-state index in [1.54, 1.807) is 0 Å². The third-order valence-corrected chi connectivity index (χ3v) is 5.77. The Bertz CT molecular complexity index is 548. The molecule has 4 aliphatic rings. The van der Waals surface area contributed by atoms with Crippen LogP contribution in [0.2, 0.25) is 0 Å². The number of esters is 2. The average molecular weight is 336 g/mol. The first-order valence-electron chi connectivity index (χ1n) is 8.80. The molecule has 0 aliphatic heterocycles. The first-order chi connectivity index (χ1) is 11.2. The van der Waals surface area contributed by atoms with E-state index in [4.69, 9.17) is 14.2 Å². The minimum atomic E-state index is -0.609. The van der Waals surface area contributed by atoms with Crippen molar-refractivity contribution in [3.63, 3.8) is 0 Å². The second-order valence-corrected chi connectivity index (χ2v) is 8.77. The van der Waals surface area contributed by atoms with Gasteiger partial charge in [0.25, 0.3) is 0 Å². The molecule has 2 atom stereocenters. The van der Waals surface area contributed by atoms with Crippen LogP contribution in [0.4, 0.5) is 0 Å². The average Bonchev–Trinajstić information content (AvgIpc) is 2.40. The molecule has 134 valence electrons. The van der Waals surface area contributed by atoms with Crippen LogP contribution in [0.15, 0.2) is 12.7 Å². The summed E-state index contributed by atoms with van der Waals surface area (Å²) in [6.45, 7) is 10.2. The van der Waals surface area contributed by atoms with E-state index >= 15 is 0 Å². The first kappa shape index (κ1) is 17.5. The molecule has 0 amide bonds. The Hall–Kier alpha value is -1.36. The molecule has 2 unspecified atom stereocenters. The normalized spacial score (nSPS) is 42.6. The summed E-state index contributed by atoms with van der Waals surface area (Å²) < 4.78 is 16.9. The van der Waals surface area contributed by atoms with Crippen molar-refractivity contribution in [1.29, 1.82) is 0 Å². The minimum absolute atomic E-state index is 0.136. The lowest BCUT2D eigenvalue weighted by Crippen LogP contribution is -2.67. The molecule has 0 radical (unpaired) electrons. The van der Waals surface area contributed by atoms with Gasteiger partial charge in [0.1, 0.15) is 5.60 Å². The summed E-state index contributed by atoms with van der Waals surface area (Å²) in [6, 6.07) is 0. The Balaban J connectivity index is 1.78. The molecule has 5 nitrogen and oxygen atoms in total. The zero-order valence-corrected chi connectivity index (χ0v) is 15.0. The number of carbonyl (C=O) groups is 2. The summed E-state index contributed by atoms with van der Waals surface area (Å²) in [5.74, 6) is -1.09. The van der Waals surface area contributed by atoms with Crippen LogP contribution < -0.4 is 0 Å². The van der Waals surface area contributed by atoms with Crippen LogP contribution in [0.25, 0.3) is 0 Å². The van der Waals surface area contributed by atoms with Crippen molar-refractivity contribution in [2.75, 3.05) is 13.2 Å². The monoisotopic (exact) mass is 336 g/mol. The van der Waals surface area contributed by atoms with Crippen molar-refractivity contribution in [1.82, 2.24) is 0 Å². The molecule has 0 saturated heterocycles. The van der Waals surface area contributed by atoms with Crippen LogP contribution in [0, 0.1) is 10.8 Å². The molecule has 0 N–H and O–H groups in total. The zero-order chi connectivity index (χ0) is 17.6. The molecule has 0 aromatic carbocycles. The Labute approximate surface area is 143 Å². The maximum absolute atomic E-state index is 12.2. The molecular weight excluding hydrogens is 308 g/mol. The Morgan fingerprint density at radius 3 is 2.12 bits per heavy atom. The molecule has 4 bridgehead atoms. The summed E-state index contributed by atoms with van der Waals surface area (Å²) in [6.07, 6.45) is 6.75. The maximum Gasteiger partial charge on any atom is 0.344 e. The third-order valence-electron chi connectivity index (χ3n) is 5.77. The molecule has 0 aromatic heterocycles. The quantitative estimate of drug-likeness (QED) is 0.551. The van der Waals surface area contributed by atoms with Crippen LogP contribution in [-0.4, -0.2) is 36.4 Å². The third kappa shape index (κ3) is 3.10. The van der Waals surface area contributed by atoms with E-state index in [1.807, 2.05) is 6.92 Å². The molecule has 0 heterocycles. The van der Waals surface area contributed by atoms with Crippen LogP contribution in [0.3, 0.4) is 0 Å². The fourth-order valence-electron chi connectivity index (χ4n) is 6.51. The van der Waals surface area contributed by atoms with Gasteiger partial charge in [-0.3, -0.25) is 0 Å². The van der Waals surface area contributed by atoms with E-state index < -0.39 is 17.5 Å². The largest absolute Gasteiger partial charge is 0.456 e. The topological polar surface area (TPSA) is 61.8 Å². The number of carbonyl (C=O) groups excluding carboxylic acids is 2. The van der Waals surface area contributed by atoms with Crippen molar-refractivity contribution in [3.05, 3.63) is 12.7 Å². The molecule has 0 spiro atoms. The van der Waals surface area contributed by atoms with E-state index in [0.717, 1.165) is 44.6 Å². The van der Waals surface area contributed by atoms with Gasteiger partial charge in [-0.05, 0) is 49.9 Å². The van der Waals surface area contributed by atoms with Gasteiger partial charge in [-0.2, -0.15) is 0 Å². The van der Waals surface area contributed by atoms with E-state index in [2.05, 4.69) is 20.4 Å². The number of hydrogen-bond donors (Lipinski definition) is 0. The highest BCUT2D eigenvalue weighted by Gasteiger charge is 2.67. The van der Waals surface area contributed by atoms with Gasteiger partial charge in [0, 0.05) is 19.1 Å².